The van der Waals surface area contributed by atoms with Gasteiger partial charge in [-0.2, -0.15) is 18.7 Å². The molecular weight excluding hydrogens is 365 g/mol. The number of carbonyl (C=O) groups is 2. The van der Waals surface area contributed by atoms with Crippen molar-refractivity contribution >= 4 is 11.9 Å². The van der Waals surface area contributed by atoms with E-state index in [2.05, 4.69) is 5.48 Å². The molecule has 2 unspecified atom stereocenters. The predicted molar refractivity (Wildman–Crippen MR) is 90.3 cm³/mol. The predicted octanol–water partition coefficient (Wildman–Crippen LogP) is 2.66. The molecule has 1 aromatic rings. The van der Waals surface area contributed by atoms with Crippen molar-refractivity contribution < 1.29 is 32.7 Å². The first-order valence-corrected chi connectivity index (χ1v) is 8.38. The third-order valence-corrected chi connectivity index (χ3v) is 4.39. The molecule has 1 fully saturated rings. The van der Waals surface area contributed by atoms with E-state index in [1.807, 2.05) is 30.3 Å². The Hall–Kier alpha value is -2.39. The van der Waals surface area contributed by atoms with E-state index in [0.717, 1.165) is 11.6 Å². The van der Waals surface area contributed by atoms with Crippen LogP contribution in [0.1, 0.15) is 25.3 Å². The highest BCUT2D eigenvalue weighted by atomic mass is 19.4. The standard InChI is InChI=1S/C18H21F3N2O4/c1-2-9-17(16(25)26)10-8-14(11-23(17)15(24)18(19,20)21)22-27-12-13-6-4-3-5-7-13/h2-7,9,14,22H,8,10-12H2,1H3,(H,25,26). The Morgan fingerprint density at radius 1 is 1.37 bits per heavy atom. The molecule has 148 valence electrons. The molecule has 0 spiro atoms. The number of halogens is 3. The minimum atomic E-state index is -5.17. The van der Waals surface area contributed by atoms with Crippen LogP contribution >= 0.6 is 0 Å². The van der Waals surface area contributed by atoms with E-state index in [1.54, 1.807) is 0 Å². The number of hydroxylamine groups is 1. The molecule has 9 heteroatoms. The third kappa shape index (κ3) is 4.86. The summed E-state index contributed by atoms with van der Waals surface area (Å²) in [7, 11) is 0. The molecule has 2 rings (SSSR count). The molecule has 0 saturated carbocycles. The summed E-state index contributed by atoms with van der Waals surface area (Å²) < 4.78 is 39.1. The first-order valence-electron chi connectivity index (χ1n) is 8.38. The van der Waals surface area contributed by atoms with Gasteiger partial charge in [-0.05, 0) is 25.3 Å². The molecule has 0 aliphatic carbocycles. The number of benzene rings is 1. The Labute approximate surface area is 154 Å². The number of hydrogen-bond donors (Lipinski definition) is 2. The number of alkyl halides is 3. The quantitative estimate of drug-likeness (QED) is 0.581. The number of amides is 1. The number of carboxylic acid groups (broad SMARTS) is 1. The Balaban J connectivity index is 2.13. The van der Waals surface area contributed by atoms with Crippen molar-refractivity contribution in [3.8, 4) is 0 Å². The number of piperidine rings is 1. The molecule has 27 heavy (non-hydrogen) atoms. The van der Waals surface area contributed by atoms with Crippen LogP contribution in [0.2, 0.25) is 0 Å². The van der Waals surface area contributed by atoms with Gasteiger partial charge in [0, 0.05) is 12.6 Å². The van der Waals surface area contributed by atoms with Crippen LogP contribution in [0.15, 0.2) is 42.5 Å². The molecule has 2 atom stereocenters. The molecule has 1 aliphatic heterocycles. The second-order valence-electron chi connectivity index (χ2n) is 6.27. The van der Waals surface area contributed by atoms with E-state index in [4.69, 9.17) is 4.84 Å². The van der Waals surface area contributed by atoms with Gasteiger partial charge in [-0.1, -0.05) is 42.5 Å². The highest BCUT2D eigenvalue weighted by Crippen LogP contribution is 2.34. The van der Waals surface area contributed by atoms with Crippen LogP contribution in [0.25, 0.3) is 0 Å². The second kappa shape index (κ2) is 8.53. The van der Waals surface area contributed by atoms with Crippen molar-refractivity contribution in [2.24, 2.45) is 0 Å². The van der Waals surface area contributed by atoms with Crippen LogP contribution in [-0.4, -0.2) is 46.2 Å². The van der Waals surface area contributed by atoms with Crippen LogP contribution in [0.5, 0.6) is 0 Å². The zero-order valence-electron chi connectivity index (χ0n) is 14.7. The number of rotatable bonds is 6. The van der Waals surface area contributed by atoms with Crippen molar-refractivity contribution in [3.05, 3.63) is 48.0 Å². The molecule has 0 bridgehead atoms. The molecule has 1 aliphatic rings. The number of nitrogens with zero attached hydrogens (tertiary/aromatic N) is 1. The number of likely N-dealkylation sites (tertiary alicyclic amines) is 1. The number of allylic oxidation sites excluding steroid dienone is 1. The van der Waals surface area contributed by atoms with Gasteiger partial charge in [0.1, 0.15) is 0 Å². The topological polar surface area (TPSA) is 78.9 Å². The minimum absolute atomic E-state index is 0.166. The maximum atomic E-state index is 13.0. The fraction of sp³-hybridized carbons (Fsp3) is 0.444. The number of hydrogen-bond acceptors (Lipinski definition) is 4. The van der Waals surface area contributed by atoms with Crippen molar-refractivity contribution in [2.45, 2.75) is 44.1 Å². The maximum absolute atomic E-state index is 13.0. The van der Waals surface area contributed by atoms with Gasteiger partial charge < -0.3 is 10.0 Å². The summed E-state index contributed by atoms with van der Waals surface area (Å²) in [6, 6.07) is 8.50. The van der Waals surface area contributed by atoms with Crippen molar-refractivity contribution in [1.82, 2.24) is 10.4 Å². The van der Waals surface area contributed by atoms with Crippen LogP contribution in [0.3, 0.4) is 0 Å². The van der Waals surface area contributed by atoms with Gasteiger partial charge in [0.2, 0.25) is 0 Å². The van der Waals surface area contributed by atoms with E-state index >= 15 is 0 Å². The SMILES string of the molecule is CC=CC1(C(=O)O)CCC(NOCc2ccccc2)CN1C(=O)C(F)(F)F. The van der Waals surface area contributed by atoms with Gasteiger partial charge in [0.05, 0.1) is 6.61 Å². The van der Waals surface area contributed by atoms with E-state index in [9.17, 15) is 27.9 Å². The van der Waals surface area contributed by atoms with E-state index in [-0.39, 0.29) is 19.4 Å². The van der Waals surface area contributed by atoms with Gasteiger partial charge in [-0.15, -0.1) is 0 Å². The molecule has 1 heterocycles. The zero-order valence-corrected chi connectivity index (χ0v) is 14.7. The van der Waals surface area contributed by atoms with Gasteiger partial charge in [0.15, 0.2) is 5.54 Å². The average Bonchev–Trinajstić information content (AvgIpc) is 2.62. The average molecular weight is 386 g/mol. The summed E-state index contributed by atoms with van der Waals surface area (Å²) in [6.45, 7) is 1.24. The van der Waals surface area contributed by atoms with Crippen molar-refractivity contribution in [3.63, 3.8) is 0 Å². The van der Waals surface area contributed by atoms with Crippen LogP contribution in [0, 0.1) is 0 Å². The Morgan fingerprint density at radius 3 is 2.59 bits per heavy atom. The number of carboxylic acids is 1. The van der Waals surface area contributed by atoms with Gasteiger partial charge in [-0.3, -0.25) is 9.63 Å². The number of nitrogens with one attached hydrogen (secondary N) is 1. The summed E-state index contributed by atoms with van der Waals surface area (Å²) in [5.41, 5.74) is 1.48. The molecule has 1 aromatic carbocycles. The zero-order chi connectivity index (χ0) is 20.1. The van der Waals surface area contributed by atoms with Crippen LogP contribution in [0.4, 0.5) is 13.2 Å². The Kier molecular flexibility index (Phi) is 6.61. The second-order valence-corrected chi connectivity index (χ2v) is 6.27. The lowest BCUT2D eigenvalue weighted by Gasteiger charge is -2.45. The lowest BCUT2D eigenvalue weighted by atomic mass is 9.84. The van der Waals surface area contributed by atoms with Crippen LogP contribution in [-0.2, 0) is 21.0 Å². The van der Waals surface area contributed by atoms with Gasteiger partial charge >= 0.3 is 18.1 Å². The third-order valence-electron chi connectivity index (χ3n) is 4.39. The van der Waals surface area contributed by atoms with Crippen molar-refractivity contribution in [1.29, 1.82) is 0 Å². The van der Waals surface area contributed by atoms with Crippen LogP contribution < -0.4 is 5.48 Å². The summed E-state index contributed by atoms with van der Waals surface area (Å²) in [5.74, 6) is -3.68. The smallest absolute Gasteiger partial charge is 0.471 e. The molecule has 0 radical (unpaired) electrons. The Bertz CT molecular complexity index is 694. The van der Waals surface area contributed by atoms with E-state index in [1.165, 1.54) is 13.0 Å². The number of aliphatic carboxylic acids is 1. The fourth-order valence-electron chi connectivity index (χ4n) is 3.08. The maximum Gasteiger partial charge on any atom is 0.471 e. The number of carbonyl (C=O) groups excluding carboxylic acids is 1. The first kappa shape index (κ1) is 20.9. The summed E-state index contributed by atoms with van der Waals surface area (Å²) in [4.78, 5) is 29.3. The summed E-state index contributed by atoms with van der Waals surface area (Å²) >= 11 is 0. The lowest BCUT2D eigenvalue weighted by molar-refractivity contribution is -0.196. The van der Waals surface area contributed by atoms with Gasteiger partial charge in [0.25, 0.3) is 0 Å². The van der Waals surface area contributed by atoms with Gasteiger partial charge in [-0.25, -0.2) is 4.79 Å². The minimum Gasteiger partial charge on any atom is -0.479 e. The largest absolute Gasteiger partial charge is 0.479 e. The molecular formula is C18H21F3N2O4. The molecule has 1 saturated heterocycles. The monoisotopic (exact) mass is 386 g/mol. The summed E-state index contributed by atoms with van der Waals surface area (Å²) in [5, 5.41) is 9.55. The Morgan fingerprint density at radius 2 is 2.04 bits per heavy atom. The highest BCUT2D eigenvalue weighted by molar-refractivity contribution is 5.91. The molecule has 2 N–H and O–H groups in total. The normalized spacial score (nSPS) is 23.6. The summed E-state index contributed by atoms with van der Waals surface area (Å²) in [6.07, 6.45) is -2.65. The van der Waals surface area contributed by atoms with E-state index < -0.39 is 36.2 Å². The van der Waals surface area contributed by atoms with Crippen molar-refractivity contribution in [2.75, 3.05) is 6.54 Å². The molecule has 0 aromatic heterocycles. The highest BCUT2D eigenvalue weighted by Gasteiger charge is 2.55. The first-order chi connectivity index (χ1) is 12.7. The van der Waals surface area contributed by atoms with E-state index in [0.29, 0.717) is 4.90 Å². The fourth-order valence-corrected chi connectivity index (χ4v) is 3.08. The molecule has 6 nitrogen and oxygen atoms in total. The lowest BCUT2D eigenvalue weighted by Crippen LogP contribution is -2.65. The molecule has 1 amide bonds.